The summed E-state index contributed by atoms with van der Waals surface area (Å²) in [5.74, 6) is 0. The van der Waals surface area contributed by atoms with Crippen LogP contribution >= 0.6 is 0 Å². The number of rotatable bonds is 5. The van der Waals surface area contributed by atoms with E-state index in [1.807, 2.05) is 7.05 Å². The van der Waals surface area contributed by atoms with Crippen molar-refractivity contribution in [1.29, 1.82) is 0 Å². The molecule has 1 aromatic carbocycles. The number of aromatic nitrogens is 1. The zero-order valence-corrected chi connectivity index (χ0v) is 12.0. The number of nitrogens with one attached hydrogen (secondary N) is 1. The van der Waals surface area contributed by atoms with Gasteiger partial charge in [-0.25, -0.2) is 0 Å². The summed E-state index contributed by atoms with van der Waals surface area (Å²) in [6, 6.07) is 9.50. The Hall–Kier alpha value is -1.28. The molecule has 0 aliphatic carbocycles. The minimum atomic E-state index is 0.521. The highest BCUT2D eigenvalue weighted by atomic mass is 15.0. The quantitative estimate of drug-likeness (QED) is 0.794. The third-order valence-corrected chi connectivity index (χ3v) is 3.53. The number of hydrogen-bond acceptors (Lipinski definition) is 1. The van der Waals surface area contributed by atoms with Crippen LogP contribution in [-0.4, -0.2) is 18.2 Å². The van der Waals surface area contributed by atoms with Crippen LogP contribution in [0.2, 0.25) is 0 Å². The second-order valence-corrected chi connectivity index (χ2v) is 5.31. The van der Waals surface area contributed by atoms with Crippen LogP contribution in [0.5, 0.6) is 0 Å². The Morgan fingerprint density at radius 3 is 2.72 bits per heavy atom. The summed E-state index contributed by atoms with van der Waals surface area (Å²) in [5, 5.41) is 4.60. The van der Waals surface area contributed by atoms with Gasteiger partial charge in [-0.2, -0.15) is 0 Å². The summed E-state index contributed by atoms with van der Waals surface area (Å²) in [6.45, 7) is 7.81. The molecule has 0 unspecified atom stereocenters. The smallest absolute Gasteiger partial charge is 0.0517 e. The highest BCUT2D eigenvalue weighted by molar-refractivity contribution is 5.84. The summed E-state index contributed by atoms with van der Waals surface area (Å²) in [5.41, 5.74) is 4.27. The lowest BCUT2D eigenvalue weighted by molar-refractivity contribution is 0.605. The maximum absolute atomic E-state index is 3.22. The number of para-hydroxylation sites is 1. The van der Waals surface area contributed by atoms with Crippen molar-refractivity contribution in [2.75, 3.05) is 13.6 Å². The summed E-state index contributed by atoms with van der Waals surface area (Å²) >= 11 is 0. The van der Waals surface area contributed by atoms with E-state index in [2.05, 4.69) is 54.9 Å². The predicted molar refractivity (Wildman–Crippen MR) is 79.3 cm³/mol. The van der Waals surface area contributed by atoms with Crippen molar-refractivity contribution in [1.82, 2.24) is 9.88 Å². The number of nitrogens with zero attached hydrogens (tertiary/aromatic N) is 1. The van der Waals surface area contributed by atoms with E-state index < -0.39 is 0 Å². The van der Waals surface area contributed by atoms with Gasteiger partial charge in [-0.05, 0) is 58.8 Å². The first-order valence-corrected chi connectivity index (χ1v) is 6.89. The SMILES string of the molecule is CNCCCc1cccc2cc(C)n(C(C)C)c12. The Balaban J connectivity index is 2.45. The molecule has 0 saturated carbocycles. The lowest BCUT2D eigenvalue weighted by Crippen LogP contribution is -2.09. The van der Waals surface area contributed by atoms with E-state index in [1.54, 1.807) is 0 Å². The number of benzene rings is 1. The Kier molecular flexibility index (Phi) is 4.07. The molecular weight excluding hydrogens is 220 g/mol. The molecule has 0 aliphatic rings. The van der Waals surface area contributed by atoms with Gasteiger partial charge >= 0.3 is 0 Å². The Morgan fingerprint density at radius 2 is 2.06 bits per heavy atom. The molecule has 1 aromatic heterocycles. The Bertz CT molecular complexity index is 523. The van der Waals surface area contributed by atoms with Gasteiger partial charge in [0.2, 0.25) is 0 Å². The number of fused-ring (bicyclic) bond motifs is 1. The Labute approximate surface area is 110 Å². The summed E-state index contributed by atoms with van der Waals surface area (Å²) < 4.78 is 2.46. The second kappa shape index (κ2) is 5.57. The van der Waals surface area contributed by atoms with Crippen LogP contribution < -0.4 is 5.32 Å². The van der Waals surface area contributed by atoms with Crippen molar-refractivity contribution in [3.8, 4) is 0 Å². The fourth-order valence-corrected chi connectivity index (χ4v) is 2.82. The van der Waals surface area contributed by atoms with Crippen molar-refractivity contribution >= 4 is 10.9 Å². The third kappa shape index (κ3) is 2.44. The van der Waals surface area contributed by atoms with Crippen molar-refractivity contribution < 1.29 is 0 Å². The minimum absolute atomic E-state index is 0.521. The molecule has 0 amide bonds. The molecule has 0 spiro atoms. The van der Waals surface area contributed by atoms with Gasteiger partial charge in [0.15, 0.2) is 0 Å². The van der Waals surface area contributed by atoms with Gasteiger partial charge in [0.1, 0.15) is 0 Å². The lowest BCUT2D eigenvalue weighted by Gasteiger charge is -2.15. The predicted octanol–water partition coefficient (Wildman–Crippen LogP) is 3.68. The van der Waals surface area contributed by atoms with Crippen LogP contribution in [0.3, 0.4) is 0 Å². The molecule has 0 fully saturated rings. The average molecular weight is 244 g/mol. The van der Waals surface area contributed by atoms with Gasteiger partial charge in [-0.3, -0.25) is 0 Å². The highest BCUT2D eigenvalue weighted by Gasteiger charge is 2.11. The summed E-state index contributed by atoms with van der Waals surface area (Å²) in [6.07, 6.45) is 2.34. The molecule has 1 heterocycles. The van der Waals surface area contributed by atoms with Gasteiger partial charge in [0.05, 0.1) is 5.52 Å². The summed E-state index contributed by atoms with van der Waals surface area (Å²) in [7, 11) is 2.02. The van der Waals surface area contributed by atoms with E-state index in [1.165, 1.54) is 28.6 Å². The van der Waals surface area contributed by atoms with E-state index in [-0.39, 0.29) is 0 Å². The fourth-order valence-electron chi connectivity index (χ4n) is 2.82. The highest BCUT2D eigenvalue weighted by Crippen LogP contribution is 2.27. The molecule has 2 heteroatoms. The molecule has 0 radical (unpaired) electrons. The molecule has 98 valence electrons. The van der Waals surface area contributed by atoms with E-state index in [0.717, 1.165) is 13.0 Å². The molecule has 0 atom stereocenters. The summed E-state index contributed by atoms with van der Waals surface area (Å²) in [4.78, 5) is 0. The van der Waals surface area contributed by atoms with Crippen LogP contribution in [0.4, 0.5) is 0 Å². The molecule has 0 saturated heterocycles. The maximum atomic E-state index is 3.22. The van der Waals surface area contributed by atoms with Crippen LogP contribution in [0, 0.1) is 6.92 Å². The second-order valence-electron chi connectivity index (χ2n) is 5.31. The van der Waals surface area contributed by atoms with Gasteiger partial charge in [-0.15, -0.1) is 0 Å². The fraction of sp³-hybridized carbons (Fsp3) is 0.500. The first kappa shape index (κ1) is 13.2. The van der Waals surface area contributed by atoms with Crippen LogP contribution in [0.1, 0.15) is 37.6 Å². The molecule has 2 rings (SSSR count). The molecule has 1 N–H and O–H groups in total. The monoisotopic (exact) mass is 244 g/mol. The first-order chi connectivity index (χ1) is 8.65. The van der Waals surface area contributed by atoms with Crippen molar-refractivity contribution in [3.63, 3.8) is 0 Å². The maximum Gasteiger partial charge on any atom is 0.0517 e. The van der Waals surface area contributed by atoms with Crippen LogP contribution in [0.15, 0.2) is 24.3 Å². The van der Waals surface area contributed by atoms with E-state index in [4.69, 9.17) is 0 Å². The van der Waals surface area contributed by atoms with Crippen molar-refractivity contribution in [2.24, 2.45) is 0 Å². The van der Waals surface area contributed by atoms with Crippen LogP contribution in [0.25, 0.3) is 10.9 Å². The zero-order valence-electron chi connectivity index (χ0n) is 12.0. The first-order valence-electron chi connectivity index (χ1n) is 6.89. The van der Waals surface area contributed by atoms with E-state index >= 15 is 0 Å². The molecular formula is C16H24N2. The molecule has 2 nitrogen and oxygen atoms in total. The van der Waals surface area contributed by atoms with Gasteiger partial charge in [0, 0.05) is 17.1 Å². The van der Waals surface area contributed by atoms with Crippen molar-refractivity contribution in [2.45, 2.75) is 39.7 Å². The minimum Gasteiger partial charge on any atom is -0.342 e. The number of hydrogen-bond donors (Lipinski definition) is 1. The normalized spacial score (nSPS) is 11.6. The van der Waals surface area contributed by atoms with Crippen LogP contribution in [-0.2, 0) is 6.42 Å². The molecule has 0 bridgehead atoms. The Morgan fingerprint density at radius 1 is 1.28 bits per heavy atom. The standard InChI is InChI=1S/C16H24N2/c1-12(2)18-13(3)11-15-8-5-7-14(16(15)18)9-6-10-17-4/h5,7-8,11-12,17H,6,9-10H2,1-4H3. The molecule has 2 aromatic rings. The third-order valence-electron chi connectivity index (χ3n) is 3.53. The molecule has 0 aliphatic heterocycles. The lowest BCUT2D eigenvalue weighted by atomic mass is 10.1. The zero-order chi connectivity index (χ0) is 13.1. The van der Waals surface area contributed by atoms with E-state index in [0.29, 0.717) is 6.04 Å². The van der Waals surface area contributed by atoms with Crippen molar-refractivity contribution in [3.05, 3.63) is 35.5 Å². The largest absolute Gasteiger partial charge is 0.342 e. The topological polar surface area (TPSA) is 17.0 Å². The van der Waals surface area contributed by atoms with Gasteiger partial charge in [0.25, 0.3) is 0 Å². The molecule has 18 heavy (non-hydrogen) atoms. The van der Waals surface area contributed by atoms with E-state index in [9.17, 15) is 0 Å². The number of aryl methyl sites for hydroxylation is 2. The van der Waals surface area contributed by atoms with Gasteiger partial charge < -0.3 is 9.88 Å². The van der Waals surface area contributed by atoms with Gasteiger partial charge in [-0.1, -0.05) is 18.2 Å². The average Bonchev–Trinajstić information content (AvgIpc) is 2.66.